The summed E-state index contributed by atoms with van der Waals surface area (Å²) in [6, 6.07) is 0. The third-order valence-corrected chi connectivity index (χ3v) is 4.67. The Morgan fingerprint density at radius 2 is 2.21 bits per heavy atom. The first-order valence-corrected chi connectivity index (χ1v) is 7.16. The number of hydrogen-bond donors (Lipinski definition) is 2. The number of ether oxygens (including phenoxy) is 1. The molecule has 0 spiro atoms. The van der Waals surface area contributed by atoms with E-state index in [4.69, 9.17) is 9.84 Å². The molecule has 0 heterocycles. The van der Waals surface area contributed by atoms with Crippen LogP contribution in [0.2, 0.25) is 0 Å². The molecule has 0 amide bonds. The molecule has 3 atom stereocenters. The van der Waals surface area contributed by atoms with Crippen LogP contribution >= 0.6 is 0 Å². The van der Waals surface area contributed by atoms with Crippen molar-refractivity contribution in [2.75, 3.05) is 6.61 Å². The Balaban J connectivity index is 2.15. The van der Waals surface area contributed by atoms with E-state index in [-0.39, 0.29) is 12.2 Å². The lowest BCUT2D eigenvalue weighted by molar-refractivity contribution is -0.184. The number of hydrogen-bond acceptors (Lipinski definition) is 4. The number of fused-ring (bicyclic) bond motifs is 2. The minimum absolute atomic E-state index is 0.0853. The molecule has 2 bridgehead atoms. The molecule has 108 valence electrons. The van der Waals surface area contributed by atoms with E-state index in [1.54, 1.807) is 0 Å². The van der Waals surface area contributed by atoms with E-state index in [0.717, 1.165) is 32.1 Å². The van der Waals surface area contributed by atoms with Crippen LogP contribution in [0, 0.1) is 5.92 Å². The van der Waals surface area contributed by atoms with Crippen molar-refractivity contribution in [3.8, 4) is 0 Å². The van der Waals surface area contributed by atoms with Gasteiger partial charge in [0.2, 0.25) is 0 Å². The van der Waals surface area contributed by atoms with Crippen molar-refractivity contribution < 1.29 is 19.7 Å². The molecule has 0 aromatic carbocycles. The first kappa shape index (κ1) is 14.5. The smallest absolute Gasteiger partial charge is 0.336 e. The van der Waals surface area contributed by atoms with Gasteiger partial charge in [0.05, 0.1) is 17.8 Å². The molecule has 4 heteroatoms. The highest BCUT2D eigenvalue weighted by Gasteiger charge is 2.51. The molecule has 0 saturated heterocycles. The second kappa shape index (κ2) is 5.25. The molecule has 0 aliphatic heterocycles. The van der Waals surface area contributed by atoms with Gasteiger partial charge in [-0.05, 0) is 38.0 Å². The minimum Gasteiger partial charge on any atom is -0.456 e. The summed E-state index contributed by atoms with van der Waals surface area (Å²) in [6.45, 7) is 5.11. The Hall–Kier alpha value is -0.870. The van der Waals surface area contributed by atoms with Crippen molar-refractivity contribution in [1.82, 2.24) is 0 Å². The zero-order valence-electron chi connectivity index (χ0n) is 11.7. The van der Waals surface area contributed by atoms with Crippen LogP contribution in [0.3, 0.4) is 0 Å². The molecule has 0 aromatic heterocycles. The van der Waals surface area contributed by atoms with Crippen molar-refractivity contribution in [3.63, 3.8) is 0 Å². The molecule has 2 aliphatic rings. The SMILES string of the molecule is C=C(CO)C(=O)OC12CCCC(CC(O)(CC)C1)C2. The second-order valence-corrected chi connectivity index (χ2v) is 6.26. The van der Waals surface area contributed by atoms with Crippen LogP contribution in [-0.2, 0) is 9.53 Å². The zero-order valence-corrected chi connectivity index (χ0v) is 11.7. The molecule has 19 heavy (non-hydrogen) atoms. The standard InChI is InChI=1S/C15H24O4/c1-3-14(18)7-12-5-4-6-15(8-12,10-14)19-13(17)11(2)9-16/h12,16,18H,2-10H2,1H3. The van der Waals surface area contributed by atoms with E-state index in [1.807, 2.05) is 6.92 Å². The van der Waals surface area contributed by atoms with Crippen LogP contribution in [0.1, 0.15) is 51.9 Å². The normalized spacial score (nSPS) is 37.7. The number of carbonyl (C=O) groups excluding carboxylic acids is 1. The van der Waals surface area contributed by atoms with Crippen molar-refractivity contribution in [1.29, 1.82) is 0 Å². The summed E-state index contributed by atoms with van der Waals surface area (Å²) >= 11 is 0. The average molecular weight is 268 g/mol. The van der Waals surface area contributed by atoms with Crippen LogP contribution in [-0.4, -0.2) is 34.0 Å². The lowest BCUT2D eigenvalue weighted by Gasteiger charge is -2.50. The number of aliphatic hydroxyl groups excluding tert-OH is 1. The van der Waals surface area contributed by atoms with Crippen LogP contribution in [0.4, 0.5) is 0 Å². The molecule has 4 nitrogen and oxygen atoms in total. The maximum absolute atomic E-state index is 11.9. The fraction of sp³-hybridized carbons (Fsp3) is 0.800. The number of carbonyl (C=O) groups is 1. The molecule has 3 unspecified atom stereocenters. The fourth-order valence-corrected chi connectivity index (χ4v) is 3.72. The van der Waals surface area contributed by atoms with Crippen LogP contribution in [0.5, 0.6) is 0 Å². The molecular weight excluding hydrogens is 244 g/mol. The van der Waals surface area contributed by atoms with Gasteiger partial charge in [-0.25, -0.2) is 4.79 Å². The first-order chi connectivity index (χ1) is 8.92. The van der Waals surface area contributed by atoms with Gasteiger partial charge in [0.25, 0.3) is 0 Å². The van der Waals surface area contributed by atoms with E-state index in [9.17, 15) is 9.90 Å². The predicted octanol–water partition coefficient (Wildman–Crippen LogP) is 1.94. The molecule has 0 radical (unpaired) electrons. The Bertz CT molecular complexity index is 378. The summed E-state index contributed by atoms with van der Waals surface area (Å²) in [5.41, 5.74) is -1.19. The second-order valence-electron chi connectivity index (χ2n) is 6.26. The summed E-state index contributed by atoms with van der Waals surface area (Å²) in [6.07, 6.45) is 5.77. The van der Waals surface area contributed by atoms with Crippen molar-refractivity contribution in [2.24, 2.45) is 5.92 Å². The molecule has 2 fully saturated rings. The van der Waals surface area contributed by atoms with Crippen molar-refractivity contribution in [2.45, 2.75) is 63.1 Å². The largest absolute Gasteiger partial charge is 0.456 e. The maximum Gasteiger partial charge on any atom is 0.336 e. The minimum atomic E-state index is -0.718. The summed E-state index contributed by atoms with van der Waals surface area (Å²) in [5, 5.41) is 19.6. The van der Waals surface area contributed by atoms with Gasteiger partial charge in [-0.15, -0.1) is 0 Å². The molecule has 2 aliphatic carbocycles. The van der Waals surface area contributed by atoms with Gasteiger partial charge in [0, 0.05) is 6.42 Å². The molecule has 2 rings (SSSR count). The highest BCUT2D eigenvalue weighted by atomic mass is 16.6. The molecule has 2 N–H and O–H groups in total. The quantitative estimate of drug-likeness (QED) is 0.604. The number of aliphatic hydroxyl groups is 2. The van der Waals surface area contributed by atoms with Gasteiger partial charge < -0.3 is 14.9 Å². The van der Waals surface area contributed by atoms with E-state index in [0.29, 0.717) is 18.8 Å². The van der Waals surface area contributed by atoms with E-state index < -0.39 is 17.2 Å². The average Bonchev–Trinajstić information content (AvgIpc) is 2.36. The van der Waals surface area contributed by atoms with Gasteiger partial charge in [0.1, 0.15) is 5.60 Å². The van der Waals surface area contributed by atoms with Crippen LogP contribution in [0.25, 0.3) is 0 Å². The van der Waals surface area contributed by atoms with Gasteiger partial charge in [-0.2, -0.15) is 0 Å². The number of esters is 1. The Morgan fingerprint density at radius 1 is 1.47 bits per heavy atom. The highest BCUT2D eigenvalue weighted by molar-refractivity contribution is 5.88. The lowest BCUT2D eigenvalue weighted by Crippen LogP contribution is -2.53. The van der Waals surface area contributed by atoms with E-state index in [1.165, 1.54) is 0 Å². The van der Waals surface area contributed by atoms with Gasteiger partial charge in [-0.1, -0.05) is 19.9 Å². The Morgan fingerprint density at radius 3 is 2.84 bits per heavy atom. The van der Waals surface area contributed by atoms with Crippen LogP contribution in [0.15, 0.2) is 12.2 Å². The summed E-state index contributed by atoms with van der Waals surface area (Å²) in [5.74, 6) is -0.0915. The van der Waals surface area contributed by atoms with Gasteiger partial charge in [-0.3, -0.25) is 0 Å². The van der Waals surface area contributed by atoms with Crippen molar-refractivity contribution in [3.05, 3.63) is 12.2 Å². The zero-order chi connectivity index (χ0) is 14.1. The monoisotopic (exact) mass is 268 g/mol. The first-order valence-electron chi connectivity index (χ1n) is 7.16. The summed E-state index contributed by atoms with van der Waals surface area (Å²) in [7, 11) is 0. The van der Waals surface area contributed by atoms with Gasteiger partial charge in [0.15, 0.2) is 0 Å². The summed E-state index contributed by atoms with van der Waals surface area (Å²) < 4.78 is 5.64. The fourth-order valence-electron chi connectivity index (χ4n) is 3.72. The van der Waals surface area contributed by atoms with E-state index in [2.05, 4.69) is 6.58 Å². The lowest BCUT2D eigenvalue weighted by atomic mass is 9.62. The third kappa shape index (κ3) is 3.00. The van der Waals surface area contributed by atoms with Crippen LogP contribution < -0.4 is 0 Å². The molecule has 2 saturated carbocycles. The van der Waals surface area contributed by atoms with Crippen molar-refractivity contribution >= 4 is 5.97 Å². The Kier molecular flexibility index (Phi) is 4.02. The third-order valence-electron chi connectivity index (χ3n) is 4.67. The molecule has 0 aromatic rings. The highest BCUT2D eigenvalue weighted by Crippen LogP contribution is 2.50. The maximum atomic E-state index is 11.9. The van der Waals surface area contributed by atoms with Gasteiger partial charge >= 0.3 is 5.97 Å². The molecular formula is C15H24O4. The number of rotatable bonds is 4. The predicted molar refractivity (Wildman–Crippen MR) is 71.5 cm³/mol. The topological polar surface area (TPSA) is 66.8 Å². The Labute approximate surface area is 114 Å². The van der Waals surface area contributed by atoms with E-state index >= 15 is 0 Å². The summed E-state index contributed by atoms with van der Waals surface area (Å²) in [4.78, 5) is 11.9.